The Balaban J connectivity index is 1.50. The van der Waals surface area contributed by atoms with Crippen molar-refractivity contribution in [1.82, 2.24) is 9.80 Å². The molecule has 1 heterocycles. The molecule has 0 unspecified atom stereocenters. The van der Waals surface area contributed by atoms with Crippen LogP contribution >= 0.6 is 0 Å². The number of nitrogens with one attached hydrogen (secondary N) is 1. The molecule has 2 aromatic carbocycles. The summed E-state index contributed by atoms with van der Waals surface area (Å²) in [5.74, 6) is -0.0210. The number of carbonyl (C=O) groups excluding carboxylic acids is 2. The Bertz CT molecular complexity index is 911. The number of rotatable bonds is 5. The molecule has 1 saturated heterocycles. The van der Waals surface area contributed by atoms with Crippen LogP contribution in [0.3, 0.4) is 0 Å². The fourth-order valence-electron chi connectivity index (χ4n) is 3.37. The highest BCUT2D eigenvalue weighted by atomic mass is 16.6. The molecule has 164 valence electrons. The third-order valence-corrected chi connectivity index (χ3v) is 4.89. The van der Waals surface area contributed by atoms with E-state index in [4.69, 9.17) is 4.74 Å². The minimum Gasteiger partial charge on any atom is -0.444 e. The van der Waals surface area contributed by atoms with Crippen molar-refractivity contribution in [3.8, 4) is 0 Å². The molecule has 0 radical (unpaired) electrons. The monoisotopic (exact) mass is 421 g/mol. The van der Waals surface area contributed by atoms with E-state index in [0.717, 1.165) is 19.6 Å². The van der Waals surface area contributed by atoms with Gasteiger partial charge in [-0.05, 0) is 44.5 Å². The molecule has 31 heavy (non-hydrogen) atoms. The van der Waals surface area contributed by atoms with Crippen LogP contribution in [0.15, 0.2) is 60.7 Å². The lowest BCUT2D eigenvalue weighted by Gasteiger charge is -2.34. The summed E-state index contributed by atoms with van der Waals surface area (Å²) < 4.78 is 5.27. The molecule has 0 saturated carbocycles. The first-order valence-electron chi connectivity index (χ1n) is 10.6. The van der Waals surface area contributed by atoms with E-state index in [1.807, 2.05) is 43.9 Å². The largest absolute Gasteiger partial charge is 0.444 e. The number of piperazine rings is 1. The zero-order valence-corrected chi connectivity index (χ0v) is 18.5. The highest BCUT2D eigenvalue weighted by molar-refractivity contribution is 5.96. The van der Waals surface area contributed by atoms with Crippen molar-refractivity contribution >= 4 is 23.8 Å². The Morgan fingerprint density at radius 1 is 1.00 bits per heavy atom. The van der Waals surface area contributed by atoms with E-state index in [1.165, 1.54) is 5.56 Å². The van der Waals surface area contributed by atoms with Crippen LogP contribution in [0.5, 0.6) is 0 Å². The maximum Gasteiger partial charge on any atom is 0.412 e. The van der Waals surface area contributed by atoms with Gasteiger partial charge in [0.1, 0.15) is 5.60 Å². The SMILES string of the molecule is CC(C)(C)OC(=O)Nc1cccc(C(=O)N2CCN(C/C=C/c3ccccc3)CC2)c1. The predicted molar refractivity (Wildman–Crippen MR) is 124 cm³/mol. The maximum absolute atomic E-state index is 12.9. The third-order valence-electron chi connectivity index (χ3n) is 4.89. The van der Waals surface area contributed by atoms with Crippen LogP contribution in [0.1, 0.15) is 36.7 Å². The van der Waals surface area contributed by atoms with Crippen LogP contribution in [0.25, 0.3) is 6.08 Å². The van der Waals surface area contributed by atoms with Crippen LogP contribution in [0.4, 0.5) is 10.5 Å². The molecule has 0 atom stereocenters. The van der Waals surface area contributed by atoms with Crippen molar-refractivity contribution in [1.29, 1.82) is 0 Å². The Labute approximate surface area is 184 Å². The summed E-state index contributed by atoms with van der Waals surface area (Å²) in [6.45, 7) is 9.33. The lowest BCUT2D eigenvalue weighted by atomic mass is 10.1. The van der Waals surface area contributed by atoms with Crippen LogP contribution in [-0.2, 0) is 4.74 Å². The molecule has 0 aliphatic carbocycles. The van der Waals surface area contributed by atoms with Gasteiger partial charge in [-0.25, -0.2) is 4.79 Å². The van der Waals surface area contributed by atoms with Crippen LogP contribution < -0.4 is 5.32 Å². The number of anilines is 1. The number of nitrogens with zero attached hydrogens (tertiary/aromatic N) is 2. The fraction of sp³-hybridized carbons (Fsp3) is 0.360. The second kappa shape index (κ2) is 10.3. The topological polar surface area (TPSA) is 61.9 Å². The summed E-state index contributed by atoms with van der Waals surface area (Å²) in [6, 6.07) is 17.2. The summed E-state index contributed by atoms with van der Waals surface area (Å²) in [7, 11) is 0. The number of benzene rings is 2. The molecule has 1 aliphatic heterocycles. The van der Waals surface area contributed by atoms with Gasteiger partial charge >= 0.3 is 6.09 Å². The molecule has 6 heteroatoms. The molecule has 3 rings (SSSR count). The summed E-state index contributed by atoms with van der Waals surface area (Å²) in [5.41, 5.74) is 1.72. The Hall–Kier alpha value is -3.12. The molecular weight excluding hydrogens is 390 g/mol. The second-order valence-corrected chi connectivity index (χ2v) is 8.61. The van der Waals surface area contributed by atoms with E-state index in [2.05, 4.69) is 34.5 Å². The molecule has 6 nitrogen and oxygen atoms in total. The third kappa shape index (κ3) is 7.26. The predicted octanol–water partition coefficient (Wildman–Crippen LogP) is 4.50. The molecular formula is C25H31N3O3. The van der Waals surface area contributed by atoms with Crippen molar-refractivity contribution in [2.45, 2.75) is 26.4 Å². The minimum atomic E-state index is -0.576. The van der Waals surface area contributed by atoms with Crippen molar-refractivity contribution in [2.24, 2.45) is 0 Å². The lowest BCUT2D eigenvalue weighted by molar-refractivity contribution is 0.0629. The van der Waals surface area contributed by atoms with Crippen LogP contribution in [0.2, 0.25) is 0 Å². The smallest absolute Gasteiger partial charge is 0.412 e. The van der Waals surface area contributed by atoms with Gasteiger partial charge in [-0.2, -0.15) is 0 Å². The van der Waals surface area contributed by atoms with Gasteiger partial charge in [-0.15, -0.1) is 0 Å². The van der Waals surface area contributed by atoms with Gasteiger partial charge in [0.05, 0.1) is 0 Å². The van der Waals surface area contributed by atoms with Crippen molar-refractivity contribution in [3.05, 3.63) is 71.8 Å². The van der Waals surface area contributed by atoms with E-state index in [1.54, 1.807) is 24.3 Å². The van der Waals surface area contributed by atoms with Gasteiger partial charge in [0.15, 0.2) is 0 Å². The molecule has 0 bridgehead atoms. The van der Waals surface area contributed by atoms with E-state index < -0.39 is 11.7 Å². The molecule has 1 aliphatic rings. The average Bonchev–Trinajstić information content (AvgIpc) is 2.73. The zero-order valence-electron chi connectivity index (χ0n) is 18.5. The molecule has 0 aromatic heterocycles. The molecule has 1 fully saturated rings. The first-order valence-corrected chi connectivity index (χ1v) is 10.6. The fourth-order valence-corrected chi connectivity index (χ4v) is 3.37. The first kappa shape index (κ1) is 22.6. The van der Waals surface area contributed by atoms with Gasteiger partial charge in [0.25, 0.3) is 5.91 Å². The van der Waals surface area contributed by atoms with E-state index >= 15 is 0 Å². The first-order chi connectivity index (χ1) is 14.8. The van der Waals surface area contributed by atoms with E-state index in [0.29, 0.717) is 24.3 Å². The highest BCUT2D eigenvalue weighted by Gasteiger charge is 2.22. The van der Waals surface area contributed by atoms with Gasteiger partial charge in [-0.1, -0.05) is 48.6 Å². The Morgan fingerprint density at radius 3 is 2.39 bits per heavy atom. The summed E-state index contributed by atoms with van der Waals surface area (Å²) >= 11 is 0. The number of carbonyl (C=O) groups is 2. The van der Waals surface area contributed by atoms with Crippen LogP contribution in [0, 0.1) is 0 Å². The molecule has 1 N–H and O–H groups in total. The summed E-state index contributed by atoms with van der Waals surface area (Å²) in [5, 5.41) is 2.69. The van der Waals surface area contributed by atoms with Crippen molar-refractivity contribution in [2.75, 3.05) is 38.0 Å². The van der Waals surface area contributed by atoms with Gasteiger partial charge in [0.2, 0.25) is 0 Å². The Kier molecular flexibility index (Phi) is 7.47. The number of hydrogen-bond acceptors (Lipinski definition) is 4. The minimum absolute atomic E-state index is 0.0210. The normalized spacial score (nSPS) is 15.1. The molecule has 2 amide bonds. The van der Waals surface area contributed by atoms with Gasteiger partial charge in [-0.3, -0.25) is 15.0 Å². The summed E-state index contributed by atoms with van der Waals surface area (Å²) in [6.07, 6.45) is 3.76. The molecule has 0 spiro atoms. The van der Waals surface area contributed by atoms with Crippen molar-refractivity contribution < 1.29 is 14.3 Å². The van der Waals surface area contributed by atoms with Gasteiger partial charge in [0, 0.05) is 44.0 Å². The van der Waals surface area contributed by atoms with E-state index in [9.17, 15) is 9.59 Å². The number of amides is 2. The number of hydrogen-bond donors (Lipinski definition) is 1. The average molecular weight is 422 g/mol. The maximum atomic E-state index is 12.9. The Morgan fingerprint density at radius 2 is 1.71 bits per heavy atom. The van der Waals surface area contributed by atoms with E-state index in [-0.39, 0.29) is 5.91 Å². The second-order valence-electron chi connectivity index (χ2n) is 8.61. The molecule has 2 aromatic rings. The number of ether oxygens (including phenoxy) is 1. The van der Waals surface area contributed by atoms with Gasteiger partial charge < -0.3 is 9.64 Å². The summed E-state index contributed by atoms with van der Waals surface area (Å²) in [4.78, 5) is 29.1. The van der Waals surface area contributed by atoms with Crippen molar-refractivity contribution in [3.63, 3.8) is 0 Å². The lowest BCUT2D eigenvalue weighted by Crippen LogP contribution is -2.48. The zero-order chi connectivity index (χ0) is 22.3. The standard InChI is InChI=1S/C25H31N3O3/c1-25(2,3)31-24(30)26-22-13-7-12-21(19-22)23(29)28-17-15-27(16-18-28)14-8-11-20-9-5-4-6-10-20/h4-13,19H,14-18H2,1-3H3,(H,26,30)/b11-8+. The van der Waals surface area contributed by atoms with Crippen LogP contribution in [-0.4, -0.2) is 60.1 Å². The highest BCUT2D eigenvalue weighted by Crippen LogP contribution is 2.16. The quantitative estimate of drug-likeness (QED) is 0.772.